The summed E-state index contributed by atoms with van der Waals surface area (Å²) in [6, 6.07) is 8.74. The summed E-state index contributed by atoms with van der Waals surface area (Å²) in [7, 11) is -2.29. The Morgan fingerprint density at radius 3 is 2.14 bits per heavy atom. The minimum absolute atomic E-state index is 0.00276. The molecule has 0 aliphatic rings. The summed E-state index contributed by atoms with van der Waals surface area (Å²) < 4.78 is 69.5. The number of amides is 1. The Morgan fingerprint density at radius 2 is 1.64 bits per heavy atom. The first kappa shape index (κ1) is 21.9. The lowest BCUT2D eigenvalue weighted by Gasteiger charge is -2.13. The molecule has 152 valence electrons. The Hall–Kier alpha value is -2.43. The molecule has 1 atom stereocenters. The van der Waals surface area contributed by atoms with Crippen molar-refractivity contribution in [3.63, 3.8) is 0 Å². The number of carbonyl (C=O) groups is 1. The van der Waals surface area contributed by atoms with E-state index in [4.69, 9.17) is 4.74 Å². The molecule has 0 fully saturated rings. The third-order valence-electron chi connectivity index (χ3n) is 3.67. The number of sulfonamides is 1. The molecule has 0 aliphatic carbocycles. The monoisotopic (exact) mass is 416 g/mol. The summed E-state index contributed by atoms with van der Waals surface area (Å²) in [5, 5.41) is 2.50. The number of hydrogen-bond donors (Lipinski definition) is 2. The molecule has 0 heterocycles. The molecule has 2 aromatic carbocycles. The maximum atomic E-state index is 12.6. The van der Waals surface area contributed by atoms with Gasteiger partial charge in [0.05, 0.1) is 17.1 Å². The van der Waals surface area contributed by atoms with Crippen molar-refractivity contribution in [3.8, 4) is 0 Å². The molecule has 28 heavy (non-hydrogen) atoms. The van der Waals surface area contributed by atoms with Crippen LogP contribution < -0.4 is 10.0 Å². The highest BCUT2D eigenvalue weighted by Crippen LogP contribution is 2.29. The van der Waals surface area contributed by atoms with Crippen molar-refractivity contribution >= 4 is 21.6 Å². The van der Waals surface area contributed by atoms with Crippen LogP contribution in [0.15, 0.2) is 53.4 Å². The Balaban J connectivity index is 2.06. The van der Waals surface area contributed by atoms with Gasteiger partial charge in [-0.25, -0.2) is 13.1 Å². The van der Waals surface area contributed by atoms with Crippen molar-refractivity contribution < 1.29 is 31.1 Å². The first-order valence-corrected chi connectivity index (χ1v) is 9.61. The normalized spacial score (nSPS) is 13.2. The van der Waals surface area contributed by atoms with Gasteiger partial charge in [-0.15, -0.1) is 0 Å². The standard InChI is InChI=1S/C18H19F3N2O4S/c1-12(11-27-2)23-28(25,26)16-9-7-15(8-10-16)22-17(24)13-3-5-14(6-4-13)18(19,20)21/h3-10,12,23H,11H2,1-2H3,(H,22,24)/t12-/m0/s1. The van der Waals surface area contributed by atoms with Gasteiger partial charge in [0.15, 0.2) is 0 Å². The van der Waals surface area contributed by atoms with E-state index in [-0.39, 0.29) is 17.1 Å². The first-order chi connectivity index (χ1) is 13.0. The molecule has 0 bridgehead atoms. The molecule has 10 heteroatoms. The largest absolute Gasteiger partial charge is 0.416 e. The number of methoxy groups -OCH3 is 1. The topological polar surface area (TPSA) is 84.5 Å². The molecule has 1 amide bonds. The number of halogens is 3. The van der Waals surface area contributed by atoms with E-state index >= 15 is 0 Å². The van der Waals surface area contributed by atoms with Gasteiger partial charge in [0.2, 0.25) is 10.0 Å². The summed E-state index contributed by atoms with van der Waals surface area (Å²) in [5.41, 5.74) is -0.512. The lowest BCUT2D eigenvalue weighted by atomic mass is 10.1. The van der Waals surface area contributed by atoms with Gasteiger partial charge in [0.1, 0.15) is 0 Å². The molecule has 0 saturated carbocycles. The van der Waals surface area contributed by atoms with Crippen molar-refractivity contribution in [2.24, 2.45) is 0 Å². The van der Waals surface area contributed by atoms with Gasteiger partial charge in [-0.05, 0) is 55.5 Å². The van der Waals surface area contributed by atoms with Gasteiger partial charge in [-0.3, -0.25) is 4.79 Å². The summed E-state index contributed by atoms with van der Waals surface area (Å²) in [5.74, 6) is -0.615. The lowest BCUT2D eigenvalue weighted by molar-refractivity contribution is -0.137. The smallest absolute Gasteiger partial charge is 0.383 e. The molecule has 0 unspecified atom stereocenters. The second-order valence-corrected chi connectivity index (χ2v) is 7.75. The number of ether oxygens (including phenoxy) is 1. The molecule has 0 saturated heterocycles. The second-order valence-electron chi connectivity index (χ2n) is 6.03. The third-order valence-corrected chi connectivity index (χ3v) is 5.28. The molecule has 0 aliphatic heterocycles. The Morgan fingerprint density at radius 1 is 1.07 bits per heavy atom. The van der Waals surface area contributed by atoms with Crippen LogP contribution in [0.4, 0.5) is 18.9 Å². The van der Waals surface area contributed by atoms with Gasteiger partial charge < -0.3 is 10.1 Å². The van der Waals surface area contributed by atoms with Gasteiger partial charge in [0, 0.05) is 24.4 Å². The summed E-state index contributed by atoms with van der Waals surface area (Å²) >= 11 is 0. The second kappa shape index (κ2) is 8.72. The zero-order chi connectivity index (χ0) is 20.9. The molecule has 2 N–H and O–H groups in total. The quantitative estimate of drug-likeness (QED) is 0.726. The molecular weight excluding hydrogens is 397 g/mol. The number of alkyl halides is 3. The zero-order valence-corrected chi connectivity index (χ0v) is 15.9. The number of nitrogens with one attached hydrogen (secondary N) is 2. The van der Waals surface area contributed by atoms with Crippen LogP contribution in [-0.2, 0) is 20.9 Å². The van der Waals surface area contributed by atoms with Crippen molar-refractivity contribution in [2.75, 3.05) is 19.0 Å². The Bertz CT molecular complexity index is 911. The van der Waals surface area contributed by atoms with Crippen LogP contribution in [0, 0.1) is 0 Å². The van der Waals surface area contributed by atoms with Crippen LogP contribution in [0.2, 0.25) is 0 Å². The van der Waals surface area contributed by atoms with E-state index < -0.39 is 33.7 Å². The minimum Gasteiger partial charge on any atom is -0.383 e. The molecule has 0 spiro atoms. The highest BCUT2D eigenvalue weighted by Gasteiger charge is 2.30. The minimum atomic E-state index is -4.48. The fraction of sp³-hybridized carbons (Fsp3) is 0.278. The molecule has 2 rings (SSSR count). The van der Waals surface area contributed by atoms with Crippen LogP contribution >= 0.6 is 0 Å². The maximum Gasteiger partial charge on any atom is 0.416 e. The Labute approximate surface area is 160 Å². The number of anilines is 1. The van der Waals surface area contributed by atoms with E-state index in [0.717, 1.165) is 24.3 Å². The van der Waals surface area contributed by atoms with Crippen molar-refractivity contribution in [2.45, 2.75) is 24.0 Å². The maximum absolute atomic E-state index is 12.6. The predicted molar refractivity (Wildman–Crippen MR) is 97.5 cm³/mol. The van der Waals surface area contributed by atoms with Crippen molar-refractivity contribution in [1.29, 1.82) is 0 Å². The number of carbonyl (C=O) groups excluding carboxylic acids is 1. The lowest BCUT2D eigenvalue weighted by Crippen LogP contribution is -2.35. The van der Waals surface area contributed by atoms with Gasteiger partial charge in [-0.2, -0.15) is 13.2 Å². The summed E-state index contributed by atoms with van der Waals surface area (Å²) in [6.07, 6.45) is -4.48. The summed E-state index contributed by atoms with van der Waals surface area (Å²) in [6.45, 7) is 1.86. The van der Waals surface area contributed by atoms with Gasteiger partial charge in [0.25, 0.3) is 5.91 Å². The third kappa shape index (κ3) is 5.78. The highest BCUT2D eigenvalue weighted by atomic mass is 32.2. The van der Waals surface area contributed by atoms with Gasteiger partial charge in [-0.1, -0.05) is 0 Å². The average molecular weight is 416 g/mol. The average Bonchev–Trinajstić information content (AvgIpc) is 2.61. The van der Waals surface area contributed by atoms with E-state index in [1.165, 1.54) is 31.4 Å². The molecular formula is C18H19F3N2O4S. The van der Waals surface area contributed by atoms with E-state index in [1.807, 2.05) is 0 Å². The van der Waals surface area contributed by atoms with Gasteiger partial charge >= 0.3 is 6.18 Å². The zero-order valence-electron chi connectivity index (χ0n) is 15.1. The van der Waals surface area contributed by atoms with Crippen LogP contribution in [0.25, 0.3) is 0 Å². The number of hydrogen-bond acceptors (Lipinski definition) is 4. The highest BCUT2D eigenvalue weighted by molar-refractivity contribution is 7.89. The van der Waals surface area contributed by atoms with E-state index in [1.54, 1.807) is 6.92 Å². The van der Waals surface area contributed by atoms with E-state index in [0.29, 0.717) is 5.69 Å². The van der Waals surface area contributed by atoms with Crippen molar-refractivity contribution in [3.05, 3.63) is 59.7 Å². The Kier molecular flexibility index (Phi) is 6.81. The number of rotatable bonds is 7. The molecule has 6 nitrogen and oxygen atoms in total. The van der Waals surface area contributed by atoms with Crippen molar-refractivity contribution in [1.82, 2.24) is 4.72 Å². The fourth-order valence-electron chi connectivity index (χ4n) is 2.35. The van der Waals surface area contributed by atoms with Crippen LogP contribution in [0.5, 0.6) is 0 Å². The van der Waals surface area contributed by atoms with E-state index in [9.17, 15) is 26.4 Å². The van der Waals surface area contributed by atoms with Crippen LogP contribution in [-0.4, -0.2) is 34.1 Å². The first-order valence-electron chi connectivity index (χ1n) is 8.13. The predicted octanol–water partition coefficient (Wildman–Crippen LogP) is 3.27. The van der Waals surface area contributed by atoms with E-state index in [2.05, 4.69) is 10.0 Å². The van der Waals surface area contributed by atoms with Crippen LogP contribution in [0.1, 0.15) is 22.8 Å². The summed E-state index contributed by atoms with van der Waals surface area (Å²) in [4.78, 5) is 12.1. The number of benzene rings is 2. The van der Waals surface area contributed by atoms with Crippen LogP contribution in [0.3, 0.4) is 0 Å². The molecule has 0 radical (unpaired) electrons. The fourth-order valence-corrected chi connectivity index (χ4v) is 3.58. The SMILES string of the molecule is COC[C@H](C)NS(=O)(=O)c1ccc(NC(=O)c2ccc(C(F)(F)F)cc2)cc1. The molecule has 0 aromatic heterocycles. The molecule has 2 aromatic rings.